The van der Waals surface area contributed by atoms with Crippen LogP contribution in [0.15, 0.2) is 5.11 Å². The van der Waals surface area contributed by atoms with E-state index in [1.807, 2.05) is 0 Å². The zero-order valence-corrected chi connectivity index (χ0v) is 6.68. The van der Waals surface area contributed by atoms with Gasteiger partial charge in [-0.3, -0.25) is 4.79 Å². The van der Waals surface area contributed by atoms with Crippen LogP contribution < -0.4 is 0 Å². The van der Waals surface area contributed by atoms with Gasteiger partial charge in [-0.2, -0.15) is 0 Å². The fourth-order valence-corrected chi connectivity index (χ4v) is 1.57. The number of hydrogen-bond acceptors (Lipinski definition) is 2. The van der Waals surface area contributed by atoms with Gasteiger partial charge in [0.05, 0.1) is 5.92 Å². The molecule has 0 unspecified atom stereocenters. The summed E-state index contributed by atoms with van der Waals surface area (Å²) < 4.78 is 0. The van der Waals surface area contributed by atoms with Crippen molar-refractivity contribution in [2.45, 2.75) is 31.7 Å². The minimum Gasteiger partial charge on any atom is -0.481 e. The molecule has 0 saturated heterocycles. The molecule has 0 spiro atoms. The van der Waals surface area contributed by atoms with E-state index in [0.717, 1.165) is 12.8 Å². The summed E-state index contributed by atoms with van der Waals surface area (Å²) in [7, 11) is 0. The van der Waals surface area contributed by atoms with Crippen molar-refractivity contribution < 1.29 is 9.90 Å². The number of hydrogen-bond donors (Lipinski definition) is 1. The summed E-state index contributed by atoms with van der Waals surface area (Å²) in [6.07, 6.45) is 2.89. The van der Waals surface area contributed by atoms with Gasteiger partial charge >= 0.3 is 5.97 Å². The van der Waals surface area contributed by atoms with Crippen molar-refractivity contribution in [3.63, 3.8) is 0 Å². The number of carboxylic acids is 1. The highest BCUT2D eigenvalue weighted by Crippen LogP contribution is 2.26. The Labute approximate surface area is 70.0 Å². The van der Waals surface area contributed by atoms with E-state index in [4.69, 9.17) is 10.6 Å². The Morgan fingerprint density at radius 1 is 1.58 bits per heavy atom. The minimum absolute atomic E-state index is 0.107. The smallest absolute Gasteiger partial charge is 0.306 e. The van der Waals surface area contributed by atoms with E-state index < -0.39 is 5.97 Å². The van der Waals surface area contributed by atoms with Crippen LogP contribution in [-0.4, -0.2) is 17.1 Å². The van der Waals surface area contributed by atoms with Crippen molar-refractivity contribution in [3.05, 3.63) is 10.4 Å². The van der Waals surface area contributed by atoms with Crippen LogP contribution in [0, 0.1) is 5.92 Å². The Hall–Kier alpha value is -1.22. The monoisotopic (exact) mass is 169 g/mol. The molecule has 1 fully saturated rings. The number of rotatable bonds is 2. The largest absolute Gasteiger partial charge is 0.481 e. The first kappa shape index (κ1) is 8.87. The van der Waals surface area contributed by atoms with Crippen LogP contribution in [0.5, 0.6) is 0 Å². The van der Waals surface area contributed by atoms with Crippen molar-refractivity contribution in [2.75, 3.05) is 0 Å². The molecule has 1 aliphatic rings. The highest BCUT2D eigenvalue weighted by molar-refractivity contribution is 5.70. The maximum absolute atomic E-state index is 10.6. The summed E-state index contributed by atoms with van der Waals surface area (Å²) in [6.45, 7) is 0. The number of carbonyl (C=O) groups is 1. The molecule has 0 aliphatic heterocycles. The third-order valence-electron chi connectivity index (χ3n) is 2.21. The Morgan fingerprint density at radius 3 is 2.92 bits per heavy atom. The molecule has 1 saturated carbocycles. The standard InChI is InChI=1S/C7H11N3O2/c8-10-9-6-3-1-2-5(4-6)7(11)12/h5-6H,1-4H2,(H,11,12)/t5-,6+/m1/s1. The Kier molecular flexibility index (Phi) is 2.94. The van der Waals surface area contributed by atoms with Crippen LogP contribution in [0.2, 0.25) is 0 Å². The summed E-state index contributed by atoms with van der Waals surface area (Å²) in [4.78, 5) is 13.3. The van der Waals surface area contributed by atoms with Gasteiger partial charge in [0.1, 0.15) is 0 Å². The van der Waals surface area contributed by atoms with Gasteiger partial charge in [0.25, 0.3) is 0 Å². The van der Waals surface area contributed by atoms with Gasteiger partial charge in [-0.1, -0.05) is 11.5 Å². The third kappa shape index (κ3) is 2.13. The average molecular weight is 169 g/mol. The topological polar surface area (TPSA) is 86.1 Å². The first-order chi connectivity index (χ1) is 5.74. The molecule has 1 aliphatic carbocycles. The zero-order valence-electron chi connectivity index (χ0n) is 6.68. The second kappa shape index (κ2) is 3.97. The molecule has 0 heterocycles. The highest BCUT2D eigenvalue weighted by atomic mass is 16.4. The fraction of sp³-hybridized carbons (Fsp3) is 0.857. The summed E-state index contributed by atoms with van der Waals surface area (Å²) in [5.41, 5.74) is 8.15. The molecule has 2 atom stereocenters. The Morgan fingerprint density at radius 2 is 2.33 bits per heavy atom. The number of carboxylic acid groups (broad SMARTS) is 1. The van der Waals surface area contributed by atoms with E-state index >= 15 is 0 Å². The molecule has 0 aromatic heterocycles. The average Bonchev–Trinajstić information content (AvgIpc) is 2.05. The molecule has 0 radical (unpaired) electrons. The Bertz CT molecular complexity index is 215. The van der Waals surface area contributed by atoms with Gasteiger partial charge in [0, 0.05) is 11.0 Å². The van der Waals surface area contributed by atoms with E-state index in [2.05, 4.69) is 10.0 Å². The first-order valence-electron chi connectivity index (χ1n) is 4.01. The van der Waals surface area contributed by atoms with Gasteiger partial charge in [0.15, 0.2) is 0 Å². The Balaban J connectivity index is 2.51. The van der Waals surface area contributed by atoms with E-state index in [-0.39, 0.29) is 12.0 Å². The lowest BCUT2D eigenvalue weighted by Crippen LogP contribution is -2.24. The van der Waals surface area contributed by atoms with E-state index in [9.17, 15) is 4.79 Å². The lowest BCUT2D eigenvalue weighted by Gasteiger charge is -2.22. The van der Waals surface area contributed by atoms with Crippen molar-refractivity contribution in [2.24, 2.45) is 11.0 Å². The molecule has 5 heteroatoms. The highest BCUT2D eigenvalue weighted by Gasteiger charge is 2.25. The molecule has 0 aromatic rings. The molecule has 12 heavy (non-hydrogen) atoms. The molecule has 66 valence electrons. The van der Waals surface area contributed by atoms with Gasteiger partial charge in [-0.05, 0) is 24.8 Å². The van der Waals surface area contributed by atoms with Crippen LogP contribution in [0.4, 0.5) is 0 Å². The maximum Gasteiger partial charge on any atom is 0.306 e. The van der Waals surface area contributed by atoms with Crippen LogP contribution in [0.3, 0.4) is 0 Å². The van der Waals surface area contributed by atoms with Crippen LogP contribution in [0.25, 0.3) is 10.4 Å². The van der Waals surface area contributed by atoms with Gasteiger partial charge in [-0.25, -0.2) is 0 Å². The van der Waals surface area contributed by atoms with Gasteiger partial charge in [-0.15, -0.1) is 0 Å². The lowest BCUT2D eigenvalue weighted by atomic mass is 9.86. The molecule has 5 nitrogen and oxygen atoms in total. The predicted octanol–water partition coefficient (Wildman–Crippen LogP) is 1.94. The lowest BCUT2D eigenvalue weighted by molar-refractivity contribution is -0.142. The van der Waals surface area contributed by atoms with Gasteiger partial charge < -0.3 is 5.11 Å². The summed E-state index contributed by atoms with van der Waals surface area (Å²) in [5, 5.41) is 12.2. The van der Waals surface area contributed by atoms with Crippen molar-refractivity contribution in [1.82, 2.24) is 0 Å². The zero-order chi connectivity index (χ0) is 8.97. The van der Waals surface area contributed by atoms with E-state index in [1.165, 1.54) is 0 Å². The van der Waals surface area contributed by atoms with Gasteiger partial charge in [0.2, 0.25) is 0 Å². The molecular weight excluding hydrogens is 158 g/mol. The third-order valence-corrected chi connectivity index (χ3v) is 2.21. The molecule has 0 aromatic carbocycles. The maximum atomic E-state index is 10.6. The summed E-state index contributed by atoms with van der Waals surface area (Å²) in [6, 6.07) is -0.107. The van der Waals surface area contributed by atoms with Crippen molar-refractivity contribution in [1.29, 1.82) is 0 Å². The molecule has 0 bridgehead atoms. The van der Waals surface area contributed by atoms with Crippen molar-refractivity contribution in [3.8, 4) is 0 Å². The quantitative estimate of drug-likeness (QED) is 0.389. The second-order valence-electron chi connectivity index (χ2n) is 3.06. The predicted molar refractivity (Wildman–Crippen MR) is 42.5 cm³/mol. The SMILES string of the molecule is [N-]=[N+]=N[C@H]1CCC[C@@H](C(=O)O)C1. The molecular formula is C7H11N3O2. The number of aliphatic carboxylic acids is 1. The van der Waals surface area contributed by atoms with E-state index in [0.29, 0.717) is 12.8 Å². The molecule has 1 N–H and O–H groups in total. The van der Waals surface area contributed by atoms with Crippen LogP contribution in [0.1, 0.15) is 25.7 Å². The summed E-state index contributed by atoms with van der Waals surface area (Å²) >= 11 is 0. The molecule has 0 amide bonds. The number of nitrogens with zero attached hydrogens (tertiary/aromatic N) is 3. The van der Waals surface area contributed by atoms with Crippen LogP contribution in [-0.2, 0) is 4.79 Å². The van der Waals surface area contributed by atoms with Crippen LogP contribution >= 0.6 is 0 Å². The normalized spacial score (nSPS) is 29.0. The fourth-order valence-electron chi connectivity index (χ4n) is 1.57. The second-order valence-corrected chi connectivity index (χ2v) is 3.06. The molecule has 1 rings (SSSR count). The summed E-state index contributed by atoms with van der Waals surface area (Å²) in [5.74, 6) is -1.08. The number of azide groups is 1. The first-order valence-corrected chi connectivity index (χ1v) is 4.01. The van der Waals surface area contributed by atoms with Crippen molar-refractivity contribution >= 4 is 5.97 Å². The minimum atomic E-state index is -0.771. The van der Waals surface area contributed by atoms with E-state index in [1.54, 1.807) is 0 Å².